The Kier molecular flexibility index (Phi) is 5.15. The minimum absolute atomic E-state index is 0.0550. The number of benzene rings is 1. The highest BCUT2D eigenvalue weighted by molar-refractivity contribution is 5.81. The van der Waals surface area contributed by atoms with E-state index in [1.165, 1.54) is 12.1 Å². The number of hydrogen-bond acceptors (Lipinski definition) is 3. The van der Waals surface area contributed by atoms with Gasteiger partial charge in [0.15, 0.2) is 0 Å². The second-order valence-corrected chi connectivity index (χ2v) is 6.96. The largest absolute Gasteiger partial charge is 0.355 e. The lowest BCUT2D eigenvalue weighted by Crippen LogP contribution is -2.51. The molecule has 1 saturated carbocycles. The first kappa shape index (κ1) is 17.3. The van der Waals surface area contributed by atoms with E-state index in [4.69, 9.17) is 5.73 Å². The van der Waals surface area contributed by atoms with E-state index in [9.17, 15) is 13.6 Å². The Morgan fingerprint density at radius 2 is 2.08 bits per heavy atom. The molecule has 0 spiro atoms. The number of nitrogens with zero attached hydrogens (tertiary/aromatic N) is 1. The van der Waals surface area contributed by atoms with Crippen molar-refractivity contribution in [2.45, 2.75) is 56.7 Å². The molecule has 1 heterocycles. The van der Waals surface area contributed by atoms with Crippen molar-refractivity contribution >= 4 is 5.91 Å². The number of hydrogen-bond donors (Lipinski definition) is 2. The molecule has 2 aliphatic rings. The highest BCUT2D eigenvalue weighted by Crippen LogP contribution is 2.36. The van der Waals surface area contributed by atoms with E-state index < -0.39 is 11.6 Å². The van der Waals surface area contributed by atoms with Gasteiger partial charge in [0.25, 0.3) is 0 Å². The van der Waals surface area contributed by atoms with Gasteiger partial charge in [0.2, 0.25) is 5.91 Å². The Labute approximate surface area is 141 Å². The van der Waals surface area contributed by atoms with Crippen molar-refractivity contribution in [1.29, 1.82) is 0 Å². The van der Waals surface area contributed by atoms with Crippen LogP contribution in [0.25, 0.3) is 0 Å². The zero-order chi connectivity index (χ0) is 17.3. The van der Waals surface area contributed by atoms with Crippen molar-refractivity contribution in [2.24, 2.45) is 5.73 Å². The molecule has 4 nitrogen and oxygen atoms in total. The minimum atomic E-state index is -0.432. The van der Waals surface area contributed by atoms with Crippen LogP contribution in [0.3, 0.4) is 0 Å². The summed E-state index contributed by atoms with van der Waals surface area (Å²) < 4.78 is 27.5. The fourth-order valence-corrected chi connectivity index (χ4v) is 4.13. The minimum Gasteiger partial charge on any atom is -0.355 e. The molecule has 3 N–H and O–H groups in total. The van der Waals surface area contributed by atoms with E-state index in [2.05, 4.69) is 10.2 Å². The molecule has 6 heteroatoms. The van der Waals surface area contributed by atoms with Gasteiger partial charge in [-0.2, -0.15) is 0 Å². The third-order valence-corrected chi connectivity index (χ3v) is 5.47. The summed E-state index contributed by atoms with van der Waals surface area (Å²) in [5.41, 5.74) is 6.71. The maximum atomic E-state index is 14.1. The first-order valence-electron chi connectivity index (χ1n) is 8.71. The van der Waals surface area contributed by atoms with Crippen LogP contribution in [-0.4, -0.2) is 42.0 Å². The van der Waals surface area contributed by atoms with Gasteiger partial charge in [-0.05, 0) is 56.4 Å². The van der Waals surface area contributed by atoms with Crippen molar-refractivity contribution in [1.82, 2.24) is 10.2 Å². The van der Waals surface area contributed by atoms with Crippen molar-refractivity contribution in [2.75, 3.05) is 13.1 Å². The molecule has 0 bridgehead atoms. The van der Waals surface area contributed by atoms with E-state index in [-0.39, 0.29) is 30.0 Å². The van der Waals surface area contributed by atoms with Gasteiger partial charge in [0, 0.05) is 31.1 Å². The Bertz CT molecular complexity index is 610. The summed E-state index contributed by atoms with van der Waals surface area (Å²) in [4.78, 5) is 14.3. The summed E-state index contributed by atoms with van der Waals surface area (Å²) in [5, 5.41) is 2.92. The second-order valence-electron chi connectivity index (χ2n) is 6.96. The highest BCUT2D eigenvalue weighted by atomic mass is 19.1. The first-order valence-corrected chi connectivity index (χ1v) is 8.71. The fourth-order valence-electron chi connectivity index (χ4n) is 4.13. The topological polar surface area (TPSA) is 58.4 Å². The molecule has 0 radical (unpaired) electrons. The van der Waals surface area contributed by atoms with E-state index in [0.29, 0.717) is 24.9 Å². The van der Waals surface area contributed by atoms with Gasteiger partial charge in [-0.3, -0.25) is 9.69 Å². The molecule has 1 aromatic carbocycles. The molecule has 4 atom stereocenters. The van der Waals surface area contributed by atoms with Crippen LogP contribution in [0.1, 0.15) is 44.1 Å². The highest BCUT2D eigenvalue weighted by Gasteiger charge is 2.36. The maximum Gasteiger partial charge on any atom is 0.237 e. The molecule has 1 aliphatic heterocycles. The zero-order valence-corrected chi connectivity index (χ0v) is 14.0. The van der Waals surface area contributed by atoms with Crippen LogP contribution in [-0.2, 0) is 4.79 Å². The third kappa shape index (κ3) is 3.44. The summed E-state index contributed by atoms with van der Waals surface area (Å²) in [5.74, 6) is -0.941. The third-order valence-electron chi connectivity index (χ3n) is 5.47. The van der Waals surface area contributed by atoms with Gasteiger partial charge in [-0.25, -0.2) is 8.78 Å². The average Bonchev–Trinajstić information content (AvgIpc) is 2.72. The number of nitrogens with two attached hydrogens (primary N) is 1. The number of carbonyl (C=O) groups is 1. The van der Waals surface area contributed by atoms with Gasteiger partial charge in [0.1, 0.15) is 11.6 Å². The molecule has 2 fully saturated rings. The maximum absolute atomic E-state index is 14.1. The summed E-state index contributed by atoms with van der Waals surface area (Å²) in [7, 11) is 0. The van der Waals surface area contributed by atoms with Gasteiger partial charge < -0.3 is 11.1 Å². The lowest BCUT2D eigenvalue weighted by atomic mass is 9.77. The molecule has 1 amide bonds. The number of rotatable bonds is 2. The van der Waals surface area contributed by atoms with Crippen molar-refractivity contribution < 1.29 is 13.6 Å². The molecular formula is C18H25F2N3O. The van der Waals surface area contributed by atoms with Crippen LogP contribution in [0, 0.1) is 11.6 Å². The summed E-state index contributed by atoms with van der Waals surface area (Å²) >= 11 is 0. The molecule has 1 saturated heterocycles. The molecule has 1 aliphatic carbocycles. The number of nitrogens with one attached hydrogen (secondary N) is 1. The van der Waals surface area contributed by atoms with Crippen LogP contribution < -0.4 is 11.1 Å². The van der Waals surface area contributed by atoms with Crippen LogP contribution in [0.15, 0.2) is 18.2 Å². The van der Waals surface area contributed by atoms with E-state index in [1.54, 1.807) is 0 Å². The molecule has 1 aromatic rings. The molecule has 2 unspecified atom stereocenters. The van der Waals surface area contributed by atoms with E-state index in [0.717, 1.165) is 25.5 Å². The fraction of sp³-hybridized carbons (Fsp3) is 0.611. The molecule has 3 rings (SSSR count). The number of amides is 1. The lowest BCUT2D eigenvalue weighted by molar-refractivity contribution is -0.126. The van der Waals surface area contributed by atoms with Gasteiger partial charge in [-0.15, -0.1) is 0 Å². The Hall–Kier alpha value is -1.53. The summed E-state index contributed by atoms with van der Waals surface area (Å²) in [6.45, 7) is 3.48. The Balaban J connectivity index is 1.73. The predicted octanol–water partition coefficient (Wildman–Crippen LogP) is 2.14. The van der Waals surface area contributed by atoms with Crippen LogP contribution in [0.2, 0.25) is 0 Å². The molecule has 24 heavy (non-hydrogen) atoms. The monoisotopic (exact) mass is 337 g/mol. The molecule has 0 aromatic heterocycles. The van der Waals surface area contributed by atoms with Crippen molar-refractivity contribution in [3.8, 4) is 0 Å². The van der Waals surface area contributed by atoms with E-state index in [1.807, 2.05) is 6.92 Å². The Morgan fingerprint density at radius 1 is 1.29 bits per heavy atom. The average molecular weight is 337 g/mol. The number of halogens is 2. The van der Waals surface area contributed by atoms with E-state index >= 15 is 0 Å². The van der Waals surface area contributed by atoms with Crippen LogP contribution in [0.5, 0.6) is 0 Å². The SMILES string of the molecule is C[C@@H]1C(=O)NCCCN1C1CCC(c2cc(F)ccc2F)[C@@H](N)C1. The van der Waals surface area contributed by atoms with Gasteiger partial charge in [-0.1, -0.05) is 0 Å². The van der Waals surface area contributed by atoms with Crippen molar-refractivity contribution in [3.05, 3.63) is 35.4 Å². The summed E-state index contributed by atoms with van der Waals surface area (Å²) in [6.07, 6.45) is 3.16. The molecular weight excluding hydrogens is 312 g/mol. The smallest absolute Gasteiger partial charge is 0.237 e. The predicted molar refractivity (Wildman–Crippen MR) is 88.5 cm³/mol. The standard InChI is InChI=1S/C18H25F2N3O/c1-11-18(24)22-7-2-8-23(11)13-4-5-14(17(21)10-13)15-9-12(19)3-6-16(15)20/h3,6,9,11,13-14,17H,2,4-5,7-8,10,21H2,1H3,(H,22,24)/t11-,13?,14?,17+/m1/s1. The van der Waals surface area contributed by atoms with Crippen LogP contribution in [0.4, 0.5) is 8.78 Å². The summed E-state index contributed by atoms with van der Waals surface area (Å²) in [6, 6.07) is 3.37. The van der Waals surface area contributed by atoms with Crippen molar-refractivity contribution in [3.63, 3.8) is 0 Å². The van der Waals surface area contributed by atoms with Gasteiger partial charge >= 0.3 is 0 Å². The van der Waals surface area contributed by atoms with Crippen LogP contribution >= 0.6 is 0 Å². The number of carbonyl (C=O) groups excluding carboxylic acids is 1. The first-order chi connectivity index (χ1) is 11.5. The normalized spacial score (nSPS) is 32.2. The lowest BCUT2D eigenvalue weighted by Gasteiger charge is -2.41. The molecule has 132 valence electrons. The Morgan fingerprint density at radius 3 is 2.83 bits per heavy atom. The quantitative estimate of drug-likeness (QED) is 0.869. The zero-order valence-electron chi connectivity index (χ0n) is 14.0. The second kappa shape index (κ2) is 7.15. The van der Waals surface area contributed by atoms with Gasteiger partial charge in [0.05, 0.1) is 6.04 Å².